The van der Waals surface area contributed by atoms with Crippen LogP contribution in [0.1, 0.15) is 16.8 Å². The van der Waals surface area contributed by atoms with Crippen LogP contribution in [0.5, 0.6) is 0 Å². The predicted molar refractivity (Wildman–Crippen MR) is 91.5 cm³/mol. The molecule has 23 heavy (non-hydrogen) atoms. The SMILES string of the molecule is N#CCCn1cc(C(=O)CSc2nnc(N)s2)c2ccccc21. The molecule has 0 saturated heterocycles. The standard InChI is InChI=1S/C15H13N5OS2/c16-6-3-7-20-8-11(10-4-1-2-5-12(10)20)13(21)9-22-15-19-18-14(17)23-15/h1-2,4-5,8H,3,7,9H2,(H2,17,18). The number of ketones is 1. The fourth-order valence-corrected chi connectivity index (χ4v) is 3.83. The van der Waals surface area contributed by atoms with E-state index in [9.17, 15) is 4.79 Å². The number of nitrogen functional groups attached to an aromatic ring is 1. The highest BCUT2D eigenvalue weighted by Gasteiger charge is 2.16. The van der Waals surface area contributed by atoms with Gasteiger partial charge in [0.05, 0.1) is 18.2 Å². The van der Waals surface area contributed by atoms with Gasteiger partial charge in [-0.2, -0.15) is 5.26 Å². The van der Waals surface area contributed by atoms with E-state index in [1.807, 2.05) is 35.0 Å². The van der Waals surface area contributed by atoms with E-state index in [0.29, 0.717) is 28.0 Å². The first kappa shape index (κ1) is 15.5. The number of anilines is 1. The summed E-state index contributed by atoms with van der Waals surface area (Å²) in [5.41, 5.74) is 7.18. The fourth-order valence-electron chi connectivity index (χ4n) is 2.31. The average Bonchev–Trinajstić information content (AvgIpc) is 3.14. The molecule has 0 aliphatic carbocycles. The van der Waals surface area contributed by atoms with E-state index in [0.717, 1.165) is 10.9 Å². The number of fused-ring (bicyclic) bond motifs is 1. The lowest BCUT2D eigenvalue weighted by Gasteiger charge is -2.00. The molecule has 1 aromatic carbocycles. The van der Waals surface area contributed by atoms with Crippen LogP contribution in [0.15, 0.2) is 34.8 Å². The van der Waals surface area contributed by atoms with E-state index in [1.54, 1.807) is 0 Å². The Morgan fingerprint density at radius 3 is 2.96 bits per heavy atom. The van der Waals surface area contributed by atoms with E-state index in [2.05, 4.69) is 16.3 Å². The first-order valence-electron chi connectivity index (χ1n) is 6.89. The number of Topliss-reactive ketones (excluding diaryl/α,β-unsaturated/α-hetero) is 1. The summed E-state index contributed by atoms with van der Waals surface area (Å²) >= 11 is 2.60. The van der Waals surface area contributed by atoms with Crippen LogP contribution in [0.4, 0.5) is 5.13 Å². The third-order valence-electron chi connectivity index (χ3n) is 3.30. The molecular formula is C15H13N5OS2. The number of rotatable bonds is 6. The topological polar surface area (TPSA) is 97.6 Å². The summed E-state index contributed by atoms with van der Waals surface area (Å²) in [7, 11) is 0. The Hall–Kier alpha value is -2.37. The van der Waals surface area contributed by atoms with Gasteiger partial charge in [-0.3, -0.25) is 4.79 Å². The molecule has 0 fully saturated rings. The number of nitriles is 1. The van der Waals surface area contributed by atoms with Crippen LogP contribution in [0, 0.1) is 11.3 Å². The van der Waals surface area contributed by atoms with Gasteiger partial charge < -0.3 is 10.3 Å². The molecule has 8 heteroatoms. The number of hydrogen-bond acceptors (Lipinski definition) is 7. The Labute approximate surface area is 140 Å². The number of nitrogens with zero attached hydrogens (tertiary/aromatic N) is 4. The van der Waals surface area contributed by atoms with Gasteiger partial charge in [-0.1, -0.05) is 41.3 Å². The summed E-state index contributed by atoms with van der Waals surface area (Å²) in [4.78, 5) is 12.6. The molecule has 0 aliphatic heterocycles. The minimum absolute atomic E-state index is 0.0238. The van der Waals surface area contributed by atoms with Crippen molar-refractivity contribution in [2.75, 3.05) is 11.5 Å². The summed E-state index contributed by atoms with van der Waals surface area (Å²) in [6, 6.07) is 9.86. The predicted octanol–water partition coefficient (Wildman–Crippen LogP) is 2.96. The lowest BCUT2D eigenvalue weighted by atomic mass is 10.1. The van der Waals surface area contributed by atoms with Crippen molar-refractivity contribution in [1.82, 2.24) is 14.8 Å². The first-order chi connectivity index (χ1) is 11.2. The van der Waals surface area contributed by atoms with Crippen LogP contribution in [0.3, 0.4) is 0 Å². The van der Waals surface area contributed by atoms with E-state index >= 15 is 0 Å². The van der Waals surface area contributed by atoms with Crippen LogP contribution >= 0.6 is 23.1 Å². The van der Waals surface area contributed by atoms with Gasteiger partial charge in [0.25, 0.3) is 0 Å². The van der Waals surface area contributed by atoms with Crippen molar-refractivity contribution in [2.45, 2.75) is 17.3 Å². The van der Waals surface area contributed by atoms with Crippen molar-refractivity contribution in [3.63, 3.8) is 0 Å². The summed E-state index contributed by atoms with van der Waals surface area (Å²) in [5, 5.41) is 17.7. The lowest BCUT2D eigenvalue weighted by Crippen LogP contribution is -2.02. The molecule has 0 radical (unpaired) electrons. The van der Waals surface area contributed by atoms with Crippen molar-refractivity contribution in [1.29, 1.82) is 5.26 Å². The quantitative estimate of drug-likeness (QED) is 0.546. The largest absolute Gasteiger partial charge is 0.374 e. The fraction of sp³-hybridized carbons (Fsp3) is 0.200. The smallest absolute Gasteiger partial charge is 0.203 e. The van der Waals surface area contributed by atoms with Crippen LogP contribution in [-0.4, -0.2) is 26.3 Å². The lowest BCUT2D eigenvalue weighted by molar-refractivity contribution is 0.102. The molecule has 0 bridgehead atoms. The maximum atomic E-state index is 12.6. The second-order valence-corrected chi connectivity index (χ2v) is 7.01. The van der Waals surface area contributed by atoms with Crippen molar-refractivity contribution < 1.29 is 4.79 Å². The van der Waals surface area contributed by atoms with E-state index in [1.165, 1.54) is 23.1 Å². The molecule has 0 saturated carbocycles. The Bertz CT molecular complexity index is 893. The Morgan fingerprint density at radius 1 is 1.39 bits per heavy atom. The maximum absolute atomic E-state index is 12.6. The third kappa shape index (κ3) is 3.36. The van der Waals surface area contributed by atoms with Gasteiger partial charge in [0.15, 0.2) is 10.1 Å². The number of thioether (sulfide) groups is 1. The number of aromatic nitrogens is 3. The highest BCUT2D eigenvalue weighted by atomic mass is 32.2. The zero-order valence-electron chi connectivity index (χ0n) is 12.1. The molecule has 0 atom stereocenters. The Kier molecular flexibility index (Phi) is 4.60. The van der Waals surface area contributed by atoms with Crippen LogP contribution in [0.2, 0.25) is 0 Å². The van der Waals surface area contributed by atoms with Crippen LogP contribution < -0.4 is 5.73 Å². The zero-order chi connectivity index (χ0) is 16.2. The second-order valence-electron chi connectivity index (χ2n) is 4.78. The van der Waals surface area contributed by atoms with Crippen LogP contribution in [0.25, 0.3) is 10.9 Å². The molecule has 2 heterocycles. The molecule has 3 aromatic rings. The number of benzene rings is 1. The monoisotopic (exact) mass is 343 g/mol. The van der Waals surface area contributed by atoms with Crippen molar-refractivity contribution >= 4 is 44.9 Å². The molecule has 0 spiro atoms. The molecule has 0 unspecified atom stereocenters. The zero-order valence-corrected chi connectivity index (χ0v) is 13.7. The van der Waals surface area contributed by atoms with Gasteiger partial charge >= 0.3 is 0 Å². The number of hydrogen-bond donors (Lipinski definition) is 1. The molecule has 0 aliphatic rings. The summed E-state index contributed by atoms with van der Waals surface area (Å²) in [6.07, 6.45) is 2.24. The first-order valence-corrected chi connectivity index (χ1v) is 8.69. The van der Waals surface area contributed by atoms with Gasteiger partial charge in [0.2, 0.25) is 5.13 Å². The summed E-state index contributed by atoms with van der Waals surface area (Å²) in [5.74, 6) is 0.302. The molecule has 116 valence electrons. The van der Waals surface area contributed by atoms with Crippen molar-refractivity contribution in [3.8, 4) is 6.07 Å². The second kappa shape index (κ2) is 6.81. The number of carbonyl (C=O) groups is 1. The van der Waals surface area contributed by atoms with Gasteiger partial charge in [-0.05, 0) is 6.07 Å². The van der Waals surface area contributed by atoms with Gasteiger partial charge in [-0.25, -0.2) is 0 Å². The average molecular weight is 343 g/mol. The molecule has 6 nitrogen and oxygen atoms in total. The molecule has 0 amide bonds. The normalized spacial score (nSPS) is 10.7. The van der Waals surface area contributed by atoms with E-state index in [4.69, 9.17) is 11.0 Å². The minimum atomic E-state index is 0.0238. The number of carbonyl (C=O) groups excluding carboxylic acids is 1. The van der Waals surface area contributed by atoms with Gasteiger partial charge in [0, 0.05) is 29.2 Å². The third-order valence-corrected chi connectivity index (χ3v) is 5.19. The summed E-state index contributed by atoms with van der Waals surface area (Å²) < 4.78 is 2.64. The van der Waals surface area contributed by atoms with Crippen molar-refractivity contribution in [3.05, 3.63) is 36.0 Å². The highest BCUT2D eigenvalue weighted by molar-refractivity contribution is 8.01. The van der Waals surface area contributed by atoms with E-state index < -0.39 is 0 Å². The number of aryl methyl sites for hydroxylation is 1. The molecule has 2 N–H and O–H groups in total. The minimum Gasteiger partial charge on any atom is -0.374 e. The highest BCUT2D eigenvalue weighted by Crippen LogP contribution is 2.27. The van der Waals surface area contributed by atoms with Crippen LogP contribution in [-0.2, 0) is 6.54 Å². The number of para-hydroxylation sites is 1. The summed E-state index contributed by atoms with van der Waals surface area (Å²) in [6.45, 7) is 0.574. The van der Waals surface area contributed by atoms with E-state index in [-0.39, 0.29) is 11.5 Å². The Balaban J connectivity index is 1.83. The molecule has 2 aromatic heterocycles. The maximum Gasteiger partial charge on any atom is 0.203 e. The molecule has 3 rings (SSSR count). The molecular weight excluding hydrogens is 330 g/mol. The number of nitrogens with two attached hydrogens (primary N) is 1. The Morgan fingerprint density at radius 2 is 2.22 bits per heavy atom. The van der Waals surface area contributed by atoms with Gasteiger partial charge in [0.1, 0.15) is 0 Å². The van der Waals surface area contributed by atoms with Gasteiger partial charge in [-0.15, -0.1) is 10.2 Å². The van der Waals surface area contributed by atoms with Crippen molar-refractivity contribution in [2.24, 2.45) is 0 Å².